The van der Waals surface area contributed by atoms with Gasteiger partial charge in [-0.1, -0.05) is 22.0 Å². The number of methoxy groups -OCH3 is 1. The first-order valence-corrected chi connectivity index (χ1v) is 11.7. The van der Waals surface area contributed by atoms with Gasteiger partial charge in [0.2, 0.25) is 0 Å². The molecule has 192 valence electrons. The lowest BCUT2D eigenvalue weighted by Crippen LogP contribution is -2.45. The van der Waals surface area contributed by atoms with E-state index in [2.05, 4.69) is 37.1 Å². The molecule has 0 saturated carbocycles. The third-order valence-electron chi connectivity index (χ3n) is 5.09. The van der Waals surface area contributed by atoms with Gasteiger partial charge in [-0.05, 0) is 49.7 Å². The molecule has 5 N–H and O–H groups in total. The minimum Gasteiger partial charge on any atom is -0.507 e. The molecule has 12 heteroatoms. The van der Waals surface area contributed by atoms with Crippen molar-refractivity contribution in [3.63, 3.8) is 0 Å². The highest BCUT2D eigenvalue weighted by Gasteiger charge is 2.32. The Hall–Kier alpha value is -3.77. The highest BCUT2D eigenvalue weighted by atomic mass is 79.9. The maximum Gasteiger partial charge on any atom is 0.337 e. The highest BCUT2D eigenvalue weighted by Crippen LogP contribution is 2.35. The molecule has 0 bridgehead atoms. The average Bonchev–Trinajstić information content (AvgIpc) is 2.84. The number of esters is 1. The molecule has 1 heterocycles. The van der Waals surface area contributed by atoms with Gasteiger partial charge in [0.25, 0.3) is 0 Å². The van der Waals surface area contributed by atoms with Gasteiger partial charge in [-0.15, -0.1) is 0 Å². The lowest BCUT2D eigenvalue weighted by atomic mass is 9.95. The number of hydrogen-bond acceptors (Lipinski definition) is 9. The Kier molecular flexibility index (Phi) is 9.14. The van der Waals surface area contributed by atoms with Crippen molar-refractivity contribution in [2.24, 2.45) is 5.10 Å². The summed E-state index contributed by atoms with van der Waals surface area (Å²) >= 11 is 3.31. The van der Waals surface area contributed by atoms with Gasteiger partial charge in [0.05, 0.1) is 31.5 Å². The number of carbonyl (C=O) groups is 2. The van der Waals surface area contributed by atoms with Crippen LogP contribution in [0.15, 0.2) is 57.2 Å². The van der Waals surface area contributed by atoms with Gasteiger partial charge >= 0.3 is 12.0 Å². The number of halogens is 1. The number of aliphatic hydroxyl groups is 1. The number of ether oxygens (including phenoxy) is 3. The summed E-state index contributed by atoms with van der Waals surface area (Å²) in [5.74, 6) is 0.172. The monoisotopic (exact) mass is 562 g/mol. The summed E-state index contributed by atoms with van der Waals surface area (Å²) in [7, 11) is 1.27. The van der Waals surface area contributed by atoms with Gasteiger partial charge in [-0.2, -0.15) is 5.10 Å². The predicted octanol–water partition coefficient (Wildman–Crippen LogP) is 2.68. The van der Waals surface area contributed by atoms with E-state index < -0.39 is 24.3 Å². The van der Waals surface area contributed by atoms with Crippen LogP contribution in [0.5, 0.6) is 17.2 Å². The van der Waals surface area contributed by atoms with Crippen LogP contribution in [0.4, 0.5) is 4.79 Å². The Morgan fingerprint density at radius 2 is 2.03 bits per heavy atom. The van der Waals surface area contributed by atoms with Crippen molar-refractivity contribution in [3.8, 4) is 17.2 Å². The highest BCUT2D eigenvalue weighted by molar-refractivity contribution is 9.10. The third-order valence-corrected chi connectivity index (χ3v) is 5.58. The van der Waals surface area contributed by atoms with Crippen LogP contribution >= 0.6 is 15.9 Å². The second-order valence-corrected chi connectivity index (χ2v) is 8.53. The summed E-state index contributed by atoms with van der Waals surface area (Å²) in [6, 6.07) is 8.63. The van der Waals surface area contributed by atoms with Crippen LogP contribution in [0, 0.1) is 0 Å². The lowest BCUT2D eigenvalue weighted by Gasteiger charge is -2.28. The zero-order chi connectivity index (χ0) is 26.2. The quantitative estimate of drug-likeness (QED) is 0.128. The summed E-state index contributed by atoms with van der Waals surface area (Å²) < 4.78 is 17.0. The maximum atomic E-state index is 12.3. The molecule has 0 radical (unpaired) electrons. The number of allylic oxidation sites excluding steroid dienone is 1. The van der Waals surface area contributed by atoms with E-state index >= 15 is 0 Å². The van der Waals surface area contributed by atoms with Gasteiger partial charge < -0.3 is 35.1 Å². The molecule has 2 aromatic carbocycles. The van der Waals surface area contributed by atoms with E-state index in [0.717, 1.165) is 4.47 Å². The number of hydrogen-bond donors (Lipinski definition) is 5. The lowest BCUT2D eigenvalue weighted by molar-refractivity contribution is -0.136. The number of phenolic OH excluding ortho intramolecular Hbond substituents is 1. The number of carbonyl (C=O) groups excluding carboxylic acids is 2. The van der Waals surface area contributed by atoms with Crippen LogP contribution in [0.1, 0.15) is 31.0 Å². The van der Waals surface area contributed by atoms with Crippen molar-refractivity contribution in [2.45, 2.75) is 26.1 Å². The van der Waals surface area contributed by atoms with Crippen LogP contribution in [0.3, 0.4) is 0 Å². The predicted molar refractivity (Wildman–Crippen MR) is 135 cm³/mol. The van der Waals surface area contributed by atoms with Crippen molar-refractivity contribution >= 4 is 34.1 Å². The molecule has 0 spiro atoms. The third kappa shape index (κ3) is 6.67. The van der Waals surface area contributed by atoms with Crippen molar-refractivity contribution in [1.29, 1.82) is 0 Å². The van der Waals surface area contributed by atoms with E-state index in [9.17, 15) is 19.8 Å². The van der Waals surface area contributed by atoms with Crippen molar-refractivity contribution in [1.82, 2.24) is 16.1 Å². The molecule has 2 aromatic rings. The molecule has 2 amide bonds. The van der Waals surface area contributed by atoms with Crippen LogP contribution in [0.2, 0.25) is 0 Å². The summed E-state index contributed by atoms with van der Waals surface area (Å²) in [6.45, 7) is 3.58. The largest absolute Gasteiger partial charge is 0.507 e. The number of aromatic hydroxyl groups is 1. The molecule has 1 aliphatic rings. The number of amides is 2. The van der Waals surface area contributed by atoms with E-state index in [1.54, 1.807) is 44.2 Å². The van der Waals surface area contributed by atoms with Gasteiger partial charge in [0.1, 0.15) is 12.4 Å². The second-order valence-electron chi connectivity index (χ2n) is 7.62. The SMILES string of the molecule is CCOc1cc([C@H]2NC(=O)NC(C)=C2C(=O)OC)ccc1OC[C@H](O)N/N=C/c1cc(Br)ccc1O. The molecular weight excluding hydrogens is 536 g/mol. The number of benzene rings is 2. The Morgan fingerprint density at radius 3 is 2.75 bits per heavy atom. The van der Waals surface area contributed by atoms with Crippen LogP contribution in [-0.4, -0.2) is 55.0 Å². The van der Waals surface area contributed by atoms with E-state index in [1.165, 1.54) is 19.4 Å². The molecule has 0 aromatic heterocycles. The molecule has 0 aliphatic carbocycles. The standard InChI is InChI=1S/C24H27BrN4O7/c1-4-35-19-10-14(22-21(23(32)34-3)13(2)27-24(33)28-22)5-8-18(19)36-12-20(31)29-26-11-15-9-16(25)6-7-17(15)30/h5-11,20,22,29-31H,4,12H2,1-3H3,(H2,27,28,33)/b26-11+/t20-,22+/m0/s1. The van der Waals surface area contributed by atoms with E-state index in [-0.39, 0.29) is 17.9 Å². The second kappa shape index (κ2) is 12.3. The summed E-state index contributed by atoms with van der Waals surface area (Å²) in [4.78, 5) is 24.4. The molecule has 2 atom stereocenters. The zero-order valence-corrected chi connectivity index (χ0v) is 21.5. The molecule has 1 aliphatic heterocycles. The minimum atomic E-state index is -1.16. The number of rotatable bonds is 10. The fraction of sp³-hybridized carbons (Fsp3) is 0.292. The summed E-state index contributed by atoms with van der Waals surface area (Å²) in [5, 5.41) is 29.3. The van der Waals surface area contributed by atoms with Crippen LogP contribution in [-0.2, 0) is 9.53 Å². The average molecular weight is 563 g/mol. The van der Waals surface area contributed by atoms with E-state index in [0.29, 0.717) is 34.9 Å². The molecule has 3 rings (SSSR count). The Bertz CT molecular complexity index is 1190. The van der Waals surface area contributed by atoms with Gasteiger partial charge in [-0.3, -0.25) is 5.43 Å². The maximum absolute atomic E-state index is 12.3. The first-order chi connectivity index (χ1) is 17.2. The minimum absolute atomic E-state index is 0.0428. The molecular formula is C24H27BrN4O7. The normalized spacial score (nSPS) is 16.2. The van der Waals surface area contributed by atoms with Crippen LogP contribution in [0.25, 0.3) is 0 Å². The molecule has 0 unspecified atom stereocenters. The van der Waals surface area contributed by atoms with E-state index in [4.69, 9.17) is 14.2 Å². The smallest absolute Gasteiger partial charge is 0.337 e. The fourth-order valence-electron chi connectivity index (χ4n) is 3.44. The Balaban J connectivity index is 1.72. The van der Waals surface area contributed by atoms with Gasteiger partial charge in [0, 0.05) is 15.7 Å². The van der Waals surface area contributed by atoms with E-state index in [1.807, 2.05) is 0 Å². The van der Waals surface area contributed by atoms with Gasteiger partial charge in [-0.25, -0.2) is 9.59 Å². The molecule has 0 saturated heterocycles. The first-order valence-electron chi connectivity index (χ1n) is 10.9. The number of phenols is 1. The summed E-state index contributed by atoms with van der Waals surface area (Å²) in [5.41, 5.74) is 4.21. The Morgan fingerprint density at radius 1 is 1.25 bits per heavy atom. The van der Waals surface area contributed by atoms with Crippen molar-refractivity contribution in [3.05, 3.63) is 63.3 Å². The fourth-order valence-corrected chi connectivity index (χ4v) is 3.82. The summed E-state index contributed by atoms with van der Waals surface area (Å²) in [6.07, 6.45) is 0.204. The number of hydrazone groups is 1. The van der Waals surface area contributed by atoms with Crippen molar-refractivity contribution in [2.75, 3.05) is 20.3 Å². The molecule has 0 fully saturated rings. The number of nitrogens with one attached hydrogen (secondary N) is 3. The Labute approximate surface area is 216 Å². The molecule has 36 heavy (non-hydrogen) atoms. The number of urea groups is 1. The number of aliphatic hydroxyl groups excluding tert-OH is 1. The van der Waals surface area contributed by atoms with Gasteiger partial charge in [0.15, 0.2) is 17.7 Å². The molecule has 11 nitrogen and oxygen atoms in total. The number of nitrogens with zero attached hydrogens (tertiary/aromatic N) is 1. The zero-order valence-electron chi connectivity index (χ0n) is 19.9. The van der Waals surface area contributed by atoms with Crippen LogP contribution < -0.4 is 25.5 Å². The first kappa shape index (κ1) is 26.8. The van der Waals surface area contributed by atoms with Crippen molar-refractivity contribution < 1.29 is 34.0 Å². The topological polar surface area (TPSA) is 151 Å².